The van der Waals surface area contributed by atoms with Gasteiger partial charge in [-0.15, -0.1) is 0 Å². The van der Waals surface area contributed by atoms with E-state index in [1.54, 1.807) is 25.3 Å². The molecule has 1 unspecified atom stereocenters. The maximum atomic E-state index is 12.9. The van der Waals surface area contributed by atoms with Crippen LogP contribution in [0.15, 0.2) is 48.8 Å². The number of aromatic nitrogens is 1. The molecule has 0 radical (unpaired) electrons. The van der Waals surface area contributed by atoms with E-state index in [2.05, 4.69) is 61.6 Å². The van der Waals surface area contributed by atoms with E-state index < -0.39 is 14.1 Å². The lowest BCUT2D eigenvalue weighted by Crippen LogP contribution is -2.43. The average molecular weight is 705 g/mol. The number of carbonyl (C=O) groups excluding carboxylic acids is 1. The first-order valence-electron chi connectivity index (χ1n) is 15.9. The van der Waals surface area contributed by atoms with E-state index in [0.29, 0.717) is 42.5 Å². The highest BCUT2D eigenvalue weighted by molar-refractivity contribution is 6.74. The smallest absolute Gasteiger partial charge is 0.255 e. The van der Waals surface area contributed by atoms with Crippen molar-refractivity contribution in [3.8, 4) is 17.2 Å². The first-order chi connectivity index (χ1) is 22.1. The quantitative estimate of drug-likeness (QED) is 0.127. The van der Waals surface area contributed by atoms with Crippen LogP contribution in [0.5, 0.6) is 17.2 Å². The fraction of sp³-hybridized carbons (Fsp3) is 0.486. The topological polar surface area (TPSA) is 100 Å². The highest BCUT2D eigenvalue weighted by atomic mass is 35.5. The lowest BCUT2D eigenvalue weighted by Gasteiger charge is -2.40. The second-order valence-corrected chi connectivity index (χ2v) is 19.2. The standard InChI is InChI=1S/C35H47Cl2N3O6Si/c1-34(2,3)47(7,8)46-31(23-11-13-28-25(17-23)22-44-35(4,5)45-28)21-38-15-9-10-16-43-30-18-24(12-14-29(30)42-6)33(41)40-32-26(36)19-39-20-27(32)37/h11-14,17-20,31,38H,9-10,15-16,21-22H2,1-8H3,(H,39,40,41). The average Bonchev–Trinajstić information content (AvgIpc) is 3.00. The molecule has 0 saturated heterocycles. The molecule has 1 aliphatic heterocycles. The third kappa shape index (κ3) is 9.84. The maximum absolute atomic E-state index is 12.9. The minimum Gasteiger partial charge on any atom is -0.493 e. The number of nitrogens with zero attached hydrogens (tertiary/aromatic N) is 1. The first kappa shape index (κ1) is 37.0. The van der Waals surface area contributed by atoms with Crippen LogP contribution >= 0.6 is 23.2 Å². The Hall–Kier alpha value is -2.86. The van der Waals surface area contributed by atoms with Crippen molar-refractivity contribution in [3.63, 3.8) is 0 Å². The van der Waals surface area contributed by atoms with Crippen LogP contribution in [0.1, 0.15) is 75.0 Å². The van der Waals surface area contributed by atoms with Gasteiger partial charge in [-0.3, -0.25) is 9.78 Å². The summed E-state index contributed by atoms with van der Waals surface area (Å²) in [5, 5.41) is 6.92. The van der Waals surface area contributed by atoms with E-state index >= 15 is 0 Å². The summed E-state index contributed by atoms with van der Waals surface area (Å²) in [6.45, 7) is 17.6. The zero-order chi connectivity index (χ0) is 34.4. The number of amides is 1. The number of anilines is 1. The van der Waals surface area contributed by atoms with Crippen LogP contribution in [-0.4, -0.2) is 51.8 Å². The van der Waals surface area contributed by atoms with Crippen LogP contribution in [-0.2, 0) is 15.8 Å². The van der Waals surface area contributed by atoms with Gasteiger partial charge in [-0.1, -0.05) is 50.0 Å². The van der Waals surface area contributed by atoms with Gasteiger partial charge >= 0.3 is 0 Å². The van der Waals surface area contributed by atoms with Crippen molar-refractivity contribution in [2.45, 2.75) is 84.1 Å². The van der Waals surface area contributed by atoms with Gasteiger partial charge in [0, 0.05) is 43.9 Å². The minimum atomic E-state index is -2.06. The van der Waals surface area contributed by atoms with Gasteiger partial charge in [0.2, 0.25) is 5.79 Å². The summed E-state index contributed by atoms with van der Waals surface area (Å²) < 4.78 is 30.3. The van der Waals surface area contributed by atoms with Crippen LogP contribution < -0.4 is 24.8 Å². The van der Waals surface area contributed by atoms with Crippen LogP contribution in [0, 0.1) is 0 Å². The molecule has 9 nitrogen and oxygen atoms in total. The van der Waals surface area contributed by atoms with Crippen LogP contribution in [0.2, 0.25) is 28.2 Å². The van der Waals surface area contributed by atoms with E-state index in [9.17, 15) is 4.79 Å². The Balaban J connectivity index is 1.32. The fourth-order valence-electron chi connectivity index (χ4n) is 4.73. The van der Waals surface area contributed by atoms with Gasteiger partial charge in [-0.05, 0) is 73.4 Å². The van der Waals surface area contributed by atoms with Crippen LogP contribution in [0.25, 0.3) is 0 Å². The van der Waals surface area contributed by atoms with Crippen LogP contribution in [0.3, 0.4) is 0 Å². The number of carbonyl (C=O) groups is 1. The van der Waals surface area contributed by atoms with Crippen molar-refractivity contribution in [3.05, 3.63) is 75.5 Å². The summed E-state index contributed by atoms with van der Waals surface area (Å²) in [6.07, 6.45) is 4.41. The molecule has 2 N–H and O–H groups in total. The number of hydrogen-bond donors (Lipinski definition) is 2. The number of methoxy groups -OCH3 is 1. The molecule has 0 spiro atoms. The predicted octanol–water partition coefficient (Wildman–Crippen LogP) is 8.81. The summed E-state index contributed by atoms with van der Waals surface area (Å²) in [4.78, 5) is 16.9. The molecule has 1 aromatic heterocycles. The van der Waals surface area contributed by atoms with E-state index in [1.807, 2.05) is 19.9 Å². The molecule has 1 atom stereocenters. The van der Waals surface area contributed by atoms with Crippen molar-refractivity contribution >= 4 is 43.1 Å². The Morgan fingerprint density at radius 2 is 1.79 bits per heavy atom. The van der Waals surface area contributed by atoms with Gasteiger partial charge in [0.25, 0.3) is 5.91 Å². The Bertz CT molecular complexity index is 1530. The number of benzene rings is 2. The third-order valence-corrected chi connectivity index (χ3v) is 13.5. The van der Waals surface area contributed by atoms with E-state index in [-0.39, 0.29) is 27.1 Å². The summed E-state index contributed by atoms with van der Waals surface area (Å²) in [7, 11) is -0.493. The SMILES string of the molecule is COc1ccc(C(=O)Nc2c(Cl)cncc2Cl)cc1OCCCCNCC(O[Si](C)(C)C(C)(C)C)c1ccc2c(c1)COC(C)(C)O2. The molecule has 0 saturated carbocycles. The molecular weight excluding hydrogens is 657 g/mol. The summed E-state index contributed by atoms with van der Waals surface area (Å²) >= 11 is 12.3. The molecule has 3 aromatic rings. The third-order valence-electron chi connectivity index (χ3n) is 8.48. The number of unbranched alkanes of at least 4 members (excludes halogenated alkanes) is 1. The lowest BCUT2D eigenvalue weighted by molar-refractivity contribution is -0.180. The Morgan fingerprint density at radius 3 is 2.47 bits per heavy atom. The summed E-state index contributed by atoms with van der Waals surface area (Å²) in [6, 6.07) is 11.3. The highest BCUT2D eigenvalue weighted by Crippen LogP contribution is 2.41. The van der Waals surface area contributed by atoms with Gasteiger partial charge in [0.05, 0.1) is 42.2 Å². The largest absolute Gasteiger partial charge is 0.493 e. The van der Waals surface area contributed by atoms with Crippen molar-refractivity contribution in [2.24, 2.45) is 0 Å². The number of fused-ring (bicyclic) bond motifs is 1. The second-order valence-electron chi connectivity index (χ2n) is 13.6. The van der Waals surface area contributed by atoms with E-state index in [0.717, 1.165) is 36.3 Å². The lowest BCUT2D eigenvalue weighted by atomic mass is 10.0. The molecule has 12 heteroatoms. The van der Waals surface area contributed by atoms with Gasteiger partial charge in [-0.2, -0.15) is 0 Å². The molecule has 4 rings (SSSR count). The van der Waals surface area contributed by atoms with Gasteiger partial charge < -0.3 is 34.0 Å². The Kier molecular flexibility index (Phi) is 12.2. The molecule has 256 valence electrons. The fourth-order valence-corrected chi connectivity index (χ4v) is 6.48. The number of nitrogens with one attached hydrogen (secondary N) is 2. The number of pyridine rings is 1. The molecule has 2 heterocycles. The molecule has 47 heavy (non-hydrogen) atoms. The van der Waals surface area contributed by atoms with Crippen molar-refractivity contribution in [2.75, 3.05) is 32.1 Å². The summed E-state index contributed by atoms with van der Waals surface area (Å²) in [5.74, 6) is 0.855. The molecule has 0 aliphatic carbocycles. The Morgan fingerprint density at radius 1 is 1.06 bits per heavy atom. The molecule has 1 amide bonds. The molecule has 0 bridgehead atoms. The summed E-state index contributed by atoms with van der Waals surface area (Å²) in [5.41, 5.74) is 2.82. The number of halogens is 2. The predicted molar refractivity (Wildman–Crippen MR) is 190 cm³/mol. The minimum absolute atomic E-state index is 0.0746. The molecular formula is C35H47Cl2N3O6Si. The first-order valence-corrected chi connectivity index (χ1v) is 19.5. The second kappa shape index (κ2) is 15.6. The molecule has 0 fully saturated rings. The monoisotopic (exact) mass is 703 g/mol. The van der Waals surface area contributed by atoms with E-state index in [1.165, 1.54) is 12.4 Å². The van der Waals surface area contributed by atoms with Crippen molar-refractivity contribution in [1.29, 1.82) is 0 Å². The number of hydrogen-bond acceptors (Lipinski definition) is 8. The van der Waals surface area contributed by atoms with Gasteiger partial charge in [0.1, 0.15) is 5.75 Å². The zero-order valence-electron chi connectivity index (χ0n) is 28.6. The molecule has 2 aromatic carbocycles. The zero-order valence-corrected chi connectivity index (χ0v) is 31.1. The number of ether oxygens (including phenoxy) is 4. The number of rotatable bonds is 14. The van der Waals surface area contributed by atoms with Gasteiger partial charge in [-0.25, -0.2) is 0 Å². The Labute approximate surface area is 289 Å². The van der Waals surface area contributed by atoms with Crippen LogP contribution in [0.4, 0.5) is 5.69 Å². The van der Waals surface area contributed by atoms with Crippen molar-refractivity contribution in [1.82, 2.24) is 10.3 Å². The highest BCUT2D eigenvalue weighted by Gasteiger charge is 2.39. The normalized spacial score (nSPS) is 14.9. The van der Waals surface area contributed by atoms with E-state index in [4.69, 9.17) is 46.6 Å². The molecule has 1 aliphatic rings. The maximum Gasteiger partial charge on any atom is 0.255 e. The van der Waals surface area contributed by atoms with Gasteiger partial charge in [0.15, 0.2) is 19.8 Å². The van der Waals surface area contributed by atoms with Crippen molar-refractivity contribution < 1.29 is 28.2 Å².